The SMILES string of the molecule is CC/C=C/C=C/C=C/C=C/C=C/C=C/CCCCCC(=O)OCC(COCCC(C(=O)O)[N+](C)(C)C)OC(=O)CCCCC/C=C/C/C=C/C/C=C/C/C=C/CC. The number of allylic oxidation sites excluding steroid dienone is 20. The standard InChI is InChI=1S/C49H75NO7/c1-6-8-10-12-14-16-18-20-22-24-26-27-29-31-33-35-37-39-47(51)56-44-45(43-55-42-41-46(49(53)54)50(3,4)5)57-48(52)40-38-36-34-32-30-28-25-23-21-19-17-15-13-11-9-7-2/h8-12,14-18,20-24,26-30,45-46H,6-7,13,19,25,31-44H2,1-5H3/p+1/b10-8+,11-9+,14-12+,17-15+,18-16+,22-20+,23-21+,26-24+,29-27+,30-28+. The van der Waals surface area contributed by atoms with Gasteiger partial charge < -0.3 is 23.8 Å². The van der Waals surface area contributed by atoms with Crippen molar-refractivity contribution in [2.45, 2.75) is 129 Å². The van der Waals surface area contributed by atoms with Gasteiger partial charge >= 0.3 is 17.9 Å². The number of carbonyl (C=O) groups is 3. The second-order valence-corrected chi connectivity index (χ2v) is 14.6. The molecule has 0 fully saturated rings. The van der Waals surface area contributed by atoms with Crippen LogP contribution in [-0.4, -0.2) is 80.6 Å². The summed E-state index contributed by atoms with van der Waals surface area (Å²) < 4.78 is 17.2. The second-order valence-electron chi connectivity index (χ2n) is 14.6. The molecule has 0 bridgehead atoms. The van der Waals surface area contributed by atoms with E-state index in [1.165, 1.54) is 0 Å². The van der Waals surface area contributed by atoms with Crippen molar-refractivity contribution in [1.82, 2.24) is 0 Å². The molecule has 0 saturated heterocycles. The van der Waals surface area contributed by atoms with Crippen LogP contribution in [0.4, 0.5) is 0 Å². The van der Waals surface area contributed by atoms with Crippen LogP contribution in [0.25, 0.3) is 0 Å². The Bertz CT molecular complexity index is 1340. The van der Waals surface area contributed by atoms with Gasteiger partial charge in [0.05, 0.1) is 34.4 Å². The van der Waals surface area contributed by atoms with Gasteiger partial charge in [-0.3, -0.25) is 9.59 Å². The molecule has 8 heteroatoms. The van der Waals surface area contributed by atoms with Gasteiger partial charge in [0.1, 0.15) is 6.61 Å². The van der Waals surface area contributed by atoms with Crippen molar-refractivity contribution in [2.75, 3.05) is 41.0 Å². The minimum atomic E-state index is -0.894. The van der Waals surface area contributed by atoms with E-state index in [0.717, 1.165) is 70.6 Å². The summed E-state index contributed by atoms with van der Waals surface area (Å²) in [5.74, 6) is -1.59. The molecule has 0 aliphatic carbocycles. The van der Waals surface area contributed by atoms with E-state index in [1.54, 1.807) is 0 Å². The summed E-state index contributed by atoms with van der Waals surface area (Å²) in [4.78, 5) is 36.9. The molecular weight excluding hydrogens is 715 g/mol. The highest BCUT2D eigenvalue weighted by Gasteiger charge is 2.31. The number of nitrogens with zero attached hydrogens (tertiary/aromatic N) is 1. The van der Waals surface area contributed by atoms with E-state index in [1.807, 2.05) is 81.9 Å². The van der Waals surface area contributed by atoms with Crippen molar-refractivity contribution in [3.63, 3.8) is 0 Å². The van der Waals surface area contributed by atoms with Crippen LogP contribution in [0.15, 0.2) is 122 Å². The lowest BCUT2D eigenvalue weighted by Gasteiger charge is -2.31. The van der Waals surface area contributed by atoms with Crippen LogP contribution >= 0.6 is 0 Å². The number of hydrogen-bond acceptors (Lipinski definition) is 6. The highest BCUT2D eigenvalue weighted by Crippen LogP contribution is 2.11. The van der Waals surface area contributed by atoms with Crippen LogP contribution in [0.2, 0.25) is 0 Å². The first kappa shape index (κ1) is 52.7. The zero-order valence-corrected chi connectivity index (χ0v) is 36.0. The van der Waals surface area contributed by atoms with Gasteiger partial charge in [-0.1, -0.05) is 148 Å². The number of aliphatic carboxylic acids is 1. The molecule has 0 rings (SSSR count). The Morgan fingerprint density at radius 1 is 0.544 bits per heavy atom. The van der Waals surface area contributed by atoms with E-state index in [4.69, 9.17) is 14.2 Å². The second kappa shape index (κ2) is 38.6. The zero-order chi connectivity index (χ0) is 42.1. The molecule has 0 amide bonds. The normalized spacial score (nSPS) is 14.2. The lowest BCUT2D eigenvalue weighted by atomic mass is 10.1. The molecule has 2 unspecified atom stereocenters. The van der Waals surface area contributed by atoms with Gasteiger partial charge in [0.15, 0.2) is 12.1 Å². The van der Waals surface area contributed by atoms with Crippen molar-refractivity contribution >= 4 is 17.9 Å². The minimum absolute atomic E-state index is 0.0237. The third kappa shape index (κ3) is 37.1. The predicted octanol–water partition coefficient (Wildman–Crippen LogP) is 11.5. The summed E-state index contributed by atoms with van der Waals surface area (Å²) in [6.45, 7) is 4.35. The van der Waals surface area contributed by atoms with Crippen molar-refractivity contribution in [3.8, 4) is 0 Å². The van der Waals surface area contributed by atoms with Gasteiger partial charge in [0.2, 0.25) is 0 Å². The summed E-state index contributed by atoms with van der Waals surface area (Å²) in [6.07, 6.45) is 53.8. The van der Waals surface area contributed by atoms with E-state index < -0.39 is 18.1 Å². The summed E-state index contributed by atoms with van der Waals surface area (Å²) in [6, 6.07) is -0.636. The molecule has 8 nitrogen and oxygen atoms in total. The van der Waals surface area contributed by atoms with Gasteiger partial charge in [-0.25, -0.2) is 4.79 Å². The highest BCUT2D eigenvalue weighted by atomic mass is 16.6. The van der Waals surface area contributed by atoms with Crippen LogP contribution < -0.4 is 0 Å². The Kier molecular flexibility index (Phi) is 35.7. The van der Waals surface area contributed by atoms with Gasteiger partial charge in [0, 0.05) is 19.3 Å². The van der Waals surface area contributed by atoms with Crippen LogP contribution in [0.3, 0.4) is 0 Å². The fraction of sp³-hybridized carbons (Fsp3) is 0.531. The van der Waals surface area contributed by atoms with Gasteiger partial charge in [0.25, 0.3) is 0 Å². The van der Waals surface area contributed by atoms with Gasteiger partial charge in [-0.05, 0) is 70.6 Å². The fourth-order valence-electron chi connectivity index (χ4n) is 5.29. The maximum absolute atomic E-state index is 12.7. The molecular formula is C49H76NO7+. The molecule has 0 heterocycles. The third-order valence-electron chi connectivity index (χ3n) is 8.52. The lowest BCUT2D eigenvalue weighted by molar-refractivity contribution is -0.887. The zero-order valence-electron chi connectivity index (χ0n) is 36.0. The van der Waals surface area contributed by atoms with Crippen molar-refractivity contribution in [3.05, 3.63) is 122 Å². The first-order valence-corrected chi connectivity index (χ1v) is 21.2. The average molecular weight is 791 g/mol. The van der Waals surface area contributed by atoms with Crippen molar-refractivity contribution < 1.29 is 38.2 Å². The molecule has 1 N–H and O–H groups in total. The molecule has 0 aromatic carbocycles. The fourth-order valence-corrected chi connectivity index (χ4v) is 5.29. The number of likely N-dealkylation sites (N-methyl/N-ethyl adjacent to an activating group) is 1. The quantitative estimate of drug-likeness (QED) is 0.0224. The first-order valence-electron chi connectivity index (χ1n) is 21.2. The average Bonchev–Trinajstić information content (AvgIpc) is 3.17. The number of carboxylic acids is 1. The number of rotatable bonds is 35. The molecule has 0 spiro atoms. The number of esters is 2. The monoisotopic (exact) mass is 791 g/mol. The Hall–Kier alpha value is -4.27. The Morgan fingerprint density at radius 2 is 1.02 bits per heavy atom. The van der Waals surface area contributed by atoms with E-state index >= 15 is 0 Å². The Labute approximate surface area is 346 Å². The number of unbranched alkanes of at least 4 members (excludes halogenated alkanes) is 6. The summed E-state index contributed by atoms with van der Waals surface area (Å²) in [7, 11) is 5.48. The summed E-state index contributed by atoms with van der Waals surface area (Å²) in [5.41, 5.74) is 0. The van der Waals surface area contributed by atoms with Crippen molar-refractivity contribution in [1.29, 1.82) is 0 Å². The number of ether oxygens (including phenoxy) is 3. The molecule has 0 aliphatic rings. The third-order valence-corrected chi connectivity index (χ3v) is 8.52. The summed E-state index contributed by atoms with van der Waals surface area (Å²) in [5, 5.41) is 9.61. The van der Waals surface area contributed by atoms with Gasteiger partial charge in [-0.15, -0.1) is 0 Å². The van der Waals surface area contributed by atoms with Gasteiger partial charge in [-0.2, -0.15) is 0 Å². The van der Waals surface area contributed by atoms with Crippen LogP contribution in [-0.2, 0) is 28.6 Å². The van der Waals surface area contributed by atoms with E-state index in [9.17, 15) is 19.5 Å². The molecule has 318 valence electrons. The maximum atomic E-state index is 12.7. The predicted molar refractivity (Wildman–Crippen MR) is 238 cm³/mol. The van der Waals surface area contributed by atoms with Crippen LogP contribution in [0.1, 0.15) is 117 Å². The smallest absolute Gasteiger partial charge is 0.362 e. The topological polar surface area (TPSA) is 99.1 Å². The van der Waals surface area contributed by atoms with Crippen LogP contribution in [0.5, 0.6) is 0 Å². The number of carboxylic acid groups (broad SMARTS) is 1. The molecule has 0 radical (unpaired) electrons. The van der Waals surface area contributed by atoms with Crippen LogP contribution in [0, 0.1) is 0 Å². The molecule has 57 heavy (non-hydrogen) atoms. The number of quaternary nitrogens is 1. The minimum Gasteiger partial charge on any atom is -0.477 e. The molecule has 0 aliphatic heterocycles. The highest BCUT2D eigenvalue weighted by molar-refractivity contribution is 5.72. The Balaban J connectivity index is 4.56. The molecule has 2 atom stereocenters. The lowest BCUT2D eigenvalue weighted by Crippen LogP contribution is -2.50. The molecule has 0 aromatic heterocycles. The van der Waals surface area contributed by atoms with Crippen molar-refractivity contribution in [2.24, 2.45) is 0 Å². The first-order chi connectivity index (χ1) is 27.6. The van der Waals surface area contributed by atoms with E-state index in [0.29, 0.717) is 19.3 Å². The largest absolute Gasteiger partial charge is 0.477 e. The van der Waals surface area contributed by atoms with E-state index in [2.05, 4.69) is 74.6 Å². The molecule has 0 aromatic rings. The number of carbonyl (C=O) groups excluding carboxylic acids is 2. The summed E-state index contributed by atoms with van der Waals surface area (Å²) >= 11 is 0. The Morgan fingerprint density at radius 3 is 1.54 bits per heavy atom. The van der Waals surface area contributed by atoms with E-state index in [-0.39, 0.29) is 49.1 Å². The maximum Gasteiger partial charge on any atom is 0.362 e. The molecule has 0 saturated carbocycles. The number of hydrogen-bond donors (Lipinski definition) is 1.